The van der Waals surface area contributed by atoms with Gasteiger partial charge in [-0.15, -0.1) is 35.3 Å². The van der Waals surface area contributed by atoms with Gasteiger partial charge < -0.3 is 10.6 Å². The van der Waals surface area contributed by atoms with Crippen LogP contribution in [0.3, 0.4) is 0 Å². The van der Waals surface area contributed by atoms with Gasteiger partial charge in [0.2, 0.25) is 0 Å². The van der Waals surface area contributed by atoms with E-state index in [0.29, 0.717) is 0 Å². The fraction of sp³-hybridized carbons (Fsp3) is 0.636. The molecule has 1 aromatic heterocycles. The number of rotatable bonds is 5. The molecule has 1 aromatic rings. The minimum atomic E-state index is 0. The number of thiazole rings is 1. The van der Waals surface area contributed by atoms with Crippen LogP contribution in [0.15, 0.2) is 10.4 Å². The van der Waals surface area contributed by atoms with Crippen LogP contribution in [0.1, 0.15) is 24.0 Å². The molecule has 17 heavy (non-hydrogen) atoms. The van der Waals surface area contributed by atoms with E-state index in [1.165, 1.54) is 0 Å². The first-order chi connectivity index (χ1) is 7.76. The van der Waals surface area contributed by atoms with E-state index in [1.54, 1.807) is 18.4 Å². The summed E-state index contributed by atoms with van der Waals surface area (Å²) in [5.74, 6) is 0.869. The molecule has 0 unspecified atom stereocenters. The molecule has 2 N–H and O–H groups in total. The van der Waals surface area contributed by atoms with Crippen molar-refractivity contribution in [1.29, 1.82) is 0 Å². The van der Waals surface area contributed by atoms with E-state index < -0.39 is 0 Å². The van der Waals surface area contributed by atoms with E-state index in [9.17, 15) is 0 Å². The van der Waals surface area contributed by atoms with E-state index in [2.05, 4.69) is 32.9 Å². The number of guanidine groups is 1. The van der Waals surface area contributed by atoms with Gasteiger partial charge >= 0.3 is 0 Å². The zero-order valence-corrected chi connectivity index (χ0v) is 13.8. The van der Waals surface area contributed by atoms with Gasteiger partial charge in [-0.05, 0) is 13.3 Å². The van der Waals surface area contributed by atoms with Gasteiger partial charge in [0.15, 0.2) is 5.96 Å². The van der Waals surface area contributed by atoms with Crippen LogP contribution in [0.4, 0.5) is 0 Å². The summed E-state index contributed by atoms with van der Waals surface area (Å²) < 4.78 is 0. The average molecular weight is 368 g/mol. The number of hydrogen-bond acceptors (Lipinski definition) is 3. The molecule has 1 heterocycles. The lowest BCUT2D eigenvalue weighted by molar-refractivity contribution is 0.768. The van der Waals surface area contributed by atoms with Crippen LogP contribution in [0, 0.1) is 6.92 Å². The summed E-state index contributed by atoms with van der Waals surface area (Å²) >= 11 is 1.70. The first-order valence-corrected chi connectivity index (χ1v) is 6.49. The smallest absolute Gasteiger partial charge is 0.190 e. The Morgan fingerprint density at radius 3 is 2.65 bits per heavy atom. The molecular weight excluding hydrogens is 347 g/mol. The molecule has 6 heteroatoms. The standard InChI is InChI=1S/C11H20N4S.HI/c1-4-6-13-11(12-3)14-7-5-10-8-16-9(2)15-10;/h8H,4-7H2,1-3H3,(H2,12,13,14);1H. The van der Waals surface area contributed by atoms with E-state index in [0.717, 1.165) is 42.6 Å². The molecule has 1 rings (SSSR count). The number of nitrogens with zero attached hydrogens (tertiary/aromatic N) is 2. The highest BCUT2D eigenvalue weighted by Gasteiger charge is 1.99. The highest BCUT2D eigenvalue weighted by molar-refractivity contribution is 14.0. The predicted molar refractivity (Wildman–Crippen MR) is 85.6 cm³/mol. The molecular formula is C11H21IN4S. The van der Waals surface area contributed by atoms with Crippen LogP contribution in [-0.4, -0.2) is 31.1 Å². The fourth-order valence-corrected chi connectivity index (χ4v) is 1.94. The van der Waals surface area contributed by atoms with Crippen LogP contribution < -0.4 is 10.6 Å². The second kappa shape index (κ2) is 9.64. The Balaban J connectivity index is 0.00000256. The summed E-state index contributed by atoms with van der Waals surface area (Å²) in [7, 11) is 1.79. The van der Waals surface area contributed by atoms with Gasteiger partial charge in [-0.2, -0.15) is 0 Å². The van der Waals surface area contributed by atoms with Crippen molar-refractivity contribution in [3.05, 3.63) is 16.1 Å². The number of hydrogen-bond donors (Lipinski definition) is 2. The average Bonchev–Trinajstić information content (AvgIpc) is 2.69. The predicted octanol–water partition coefficient (Wildman–Crippen LogP) is 2.19. The number of nitrogens with one attached hydrogen (secondary N) is 2. The molecule has 0 saturated heterocycles. The van der Waals surface area contributed by atoms with E-state index in [4.69, 9.17) is 0 Å². The Labute approximate surface area is 124 Å². The molecule has 98 valence electrons. The van der Waals surface area contributed by atoms with Crippen molar-refractivity contribution < 1.29 is 0 Å². The Bertz CT molecular complexity index is 338. The Kier molecular flexibility index (Phi) is 9.43. The third kappa shape index (κ3) is 6.82. The second-order valence-electron chi connectivity index (χ2n) is 3.53. The topological polar surface area (TPSA) is 49.3 Å². The summed E-state index contributed by atoms with van der Waals surface area (Å²) in [6.45, 7) is 5.99. The SMILES string of the molecule is CCCNC(=NC)NCCc1csc(C)n1.I. The number of aliphatic imine (C=N–C) groups is 1. The van der Waals surface area contributed by atoms with Gasteiger partial charge in [0, 0.05) is 31.9 Å². The van der Waals surface area contributed by atoms with Crippen molar-refractivity contribution in [2.75, 3.05) is 20.1 Å². The molecule has 0 aromatic carbocycles. The van der Waals surface area contributed by atoms with Gasteiger partial charge in [0.05, 0.1) is 10.7 Å². The van der Waals surface area contributed by atoms with Crippen LogP contribution in [0.5, 0.6) is 0 Å². The summed E-state index contributed by atoms with van der Waals surface area (Å²) in [6.07, 6.45) is 2.04. The molecule has 0 aliphatic carbocycles. The lowest BCUT2D eigenvalue weighted by atomic mass is 10.3. The molecule has 0 spiro atoms. The van der Waals surface area contributed by atoms with Crippen molar-refractivity contribution in [2.24, 2.45) is 4.99 Å². The minimum absolute atomic E-state index is 0. The van der Waals surface area contributed by atoms with Gasteiger partial charge in [0.25, 0.3) is 0 Å². The summed E-state index contributed by atoms with van der Waals surface area (Å²) in [6, 6.07) is 0. The molecule has 0 bridgehead atoms. The second-order valence-corrected chi connectivity index (χ2v) is 4.60. The zero-order chi connectivity index (χ0) is 11.8. The number of halogens is 1. The number of aryl methyl sites for hydroxylation is 1. The summed E-state index contributed by atoms with van der Waals surface area (Å²) in [5, 5.41) is 9.74. The van der Waals surface area contributed by atoms with E-state index in [1.807, 2.05) is 6.92 Å². The Morgan fingerprint density at radius 2 is 2.12 bits per heavy atom. The van der Waals surface area contributed by atoms with Gasteiger partial charge in [0.1, 0.15) is 0 Å². The maximum Gasteiger partial charge on any atom is 0.190 e. The molecule has 0 aliphatic rings. The van der Waals surface area contributed by atoms with Crippen LogP contribution in [0.25, 0.3) is 0 Å². The van der Waals surface area contributed by atoms with Crippen LogP contribution in [-0.2, 0) is 6.42 Å². The molecule has 0 saturated carbocycles. The highest BCUT2D eigenvalue weighted by Crippen LogP contribution is 2.07. The lowest BCUT2D eigenvalue weighted by Gasteiger charge is -2.09. The molecule has 0 aliphatic heterocycles. The Hall–Kier alpha value is -0.370. The third-order valence-electron chi connectivity index (χ3n) is 2.11. The molecule has 4 nitrogen and oxygen atoms in total. The first-order valence-electron chi connectivity index (χ1n) is 5.61. The van der Waals surface area contributed by atoms with Crippen LogP contribution >= 0.6 is 35.3 Å². The molecule has 0 amide bonds. The van der Waals surface area contributed by atoms with Crippen molar-refractivity contribution in [1.82, 2.24) is 15.6 Å². The Morgan fingerprint density at radius 1 is 1.41 bits per heavy atom. The normalized spacial score (nSPS) is 10.9. The molecule has 0 atom stereocenters. The molecule has 0 radical (unpaired) electrons. The van der Waals surface area contributed by atoms with Crippen molar-refractivity contribution in [3.8, 4) is 0 Å². The maximum absolute atomic E-state index is 4.41. The van der Waals surface area contributed by atoms with Crippen molar-refractivity contribution in [2.45, 2.75) is 26.7 Å². The summed E-state index contributed by atoms with van der Waals surface area (Å²) in [5.41, 5.74) is 1.15. The van der Waals surface area contributed by atoms with E-state index in [-0.39, 0.29) is 24.0 Å². The van der Waals surface area contributed by atoms with Crippen molar-refractivity contribution >= 4 is 41.3 Å². The highest BCUT2D eigenvalue weighted by atomic mass is 127. The quantitative estimate of drug-likeness (QED) is 0.476. The largest absolute Gasteiger partial charge is 0.356 e. The first kappa shape index (κ1) is 16.6. The molecule has 0 fully saturated rings. The monoisotopic (exact) mass is 368 g/mol. The lowest BCUT2D eigenvalue weighted by Crippen LogP contribution is -2.38. The van der Waals surface area contributed by atoms with E-state index >= 15 is 0 Å². The van der Waals surface area contributed by atoms with Gasteiger partial charge in [-0.1, -0.05) is 6.92 Å². The maximum atomic E-state index is 4.41. The zero-order valence-electron chi connectivity index (χ0n) is 10.6. The third-order valence-corrected chi connectivity index (χ3v) is 2.93. The summed E-state index contributed by atoms with van der Waals surface area (Å²) in [4.78, 5) is 8.55. The van der Waals surface area contributed by atoms with Crippen LogP contribution in [0.2, 0.25) is 0 Å². The van der Waals surface area contributed by atoms with Crippen molar-refractivity contribution in [3.63, 3.8) is 0 Å². The minimum Gasteiger partial charge on any atom is -0.356 e. The van der Waals surface area contributed by atoms with Gasteiger partial charge in [-0.25, -0.2) is 4.98 Å². The van der Waals surface area contributed by atoms with Gasteiger partial charge in [-0.3, -0.25) is 4.99 Å². The fourth-order valence-electron chi connectivity index (χ4n) is 1.30. The number of aromatic nitrogens is 1.